The van der Waals surface area contributed by atoms with E-state index in [1.807, 2.05) is 0 Å². The zero-order valence-electron chi connectivity index (χ0n) is 9.46. The predicted octanol–water partition coefficient (Wildman–Crippen LogP) is 2.35. The second-order valence-corrected chi connectivity index (χ2v) is 4.39. The molecule has 92 valence electrons. The van der Waals surface area contributed by atoms with Gasteiger partial charge in [0.15, 0.2) is 0 Å². The van der Waals surface area contributed by atoms with Gasteiger partial charge in [-0.3, -0.25) is 4.79 Å². The van der Waals surface area contributed by atoms with Crippen molar-refractivity contribution in [2.45, 2.75) is 18.8 Å². The van der Waals surface area contributed by atoms with E-state index < -0.39 is 18.3 Å². The van der Waals surface area contributed by atoms with Crippen molar-refractivity contribution >= 4 is 5.78 Å². The Balaban J connectivity index is 2.09. The minimum Gasteiger partial charge on any atom is -0.316 e. The number of piperidine rings is 1. The fourth-order valence-corrected chi connectivity index (χ4v) is 2.10. The lowest BCUT2D eigenvalue weighted by atomic mass is 9.89. The minimum atomic E-state index is -2.93. The van der Waals surface area contributed by atoms with Gasteiger partial charge in [0.1, 0.15) is 5.78 Å². The molecule has 0 aromatic heterocycles. The van der Waals surface area contributed by atoms with Gasteiger partial charge in [-0.2, -0.15) is 0 Å². The number of nitrogens with one attached hydrogen (secondary N) is 1. The lowest BCUT2D eigenvalue weighted by molar-refractivity contribution is -0.128. The average molecular weight is 239 g/mol. The van der Waals surface area contributed by atoms with E-state index in [1.165, 1.54) is 12.1 Å². The monoisotopic (exact) mass is 239 g/mol. The summed E-state index contributed by atoms with van der Waals surface area (Å²) in [5.41, 5.74) is -0.0154. The highest BCUT2D eigenvalue weighted by atomic mass is 19.3. The Morgan fingerprint density at radius 3 is 2.65 bits per heavy atom. The first-order chi connectivity index (χ1) is 8.09. The topological polar surface area (TPSA) is 29.1 Å². The zero-order valence-corrected chi connectivity index (χ0v) is 9.46. The van der Waals surface area contributed by atoms with Crippen molar-refractivity contribution in [2.75, 3.05) is 13.1 Å². The van der Waals surface area contributed by atoms with Crippen LogP contribution in [-0.2, 0) is 10.7 Å². The van der Waals surface area contributed by atoms with Crippen LogP contribution in [0.5, 0.6) is 0 Å². The third kappa shape index (κ3) is 2.88. The molecule has 0 bridgehead atoms. The number of carbonyl (C=O) groups excluding carboxylic acids is 1. The number of hydrogen-bond donors (Lipinski definition) is 1. The van der Waals surface area contributed by atoms with Crippen LogP contribution < -0.4 is 5.32 Å². The summed E-state index contributed by atoms with van der Waals surface area (Å²) in [6, 6.07) is 7.68. The van der Waals surface area contributed by atoms with Crippen LogP contribution in [0.3, 0.4) is 0 Å². The molecular weight excluding hydrogens is 224 g/mol. The van der Waals surface area contributed by atoms with Gasteiger partial charge in [0, 0.05) is 37.4 Å². The van der Waals surface area contributed by atoms with E-state index >= 15 is 0 Å². The summed E-state index contributed by atoms with van der Waals surface area (Å²) >= 11 is 0. The summed E-state index contributed by atoms with van der Waals surface area (Å²) in [5, 5.41) is 2.99. The number of hydrogen-bond acceptors (Lipinski definition) is 2. The number of ketones is 1. The molecule has 17 heavy (non-hydrogen) atoms. The Labute approximate surface area is 99.0 Å². The van der Waals surface area contributed by atoms with Gasteiger partial charge < -0.3 is 5.32 Å². The molecule has 1 aliphatic rings. The molecule has 1 N–H and O–H groups in total. The zero-order chi connectivity index (χ0) is 12.3. The quantitative estimate of drug-likeness (QED) is 0.877. The molecular formula is C13H15F2NO. The molecule has 1 aromatic carbocycles. The van der Waals surface area contributed by atoms with Gasteiger partial charge in [0.05, 0.1) is 0 Å². The van der Waals surface area contributed by atoms with Gasteiger partial charge in [-0.25, -0.2) is 8.78 Å². The van der Waals surface area contributed by atoms with Gasteiger partial charge >= 0.3 is 0 Å². The van der Waals surface area contributed by atoms with E-state index in [4.69, 9.17) is 0 Å². The third-order valence-electron chi connectivity index (χ3n) is 3.09. The first-order valence-electron chi connectivity index (χ1n) is 5.76. The van der Waals surface area contributed by atoms with Crippen molar-refractivity contribution in [2.24, 2.45) is 5.92 Å². The maximum Gasteiger partial charge on any atom is 0.274 e. The molecule has 2 nitrogen and oxygen atoms in total. The Morgan fingerprint density at radius 1 is 1.29 bits per heavy atom. The fraction of sp³-hybridized carbons (Fsp3) is 0.462. The highest BCUT2D eigenvalue weighted by Crippen LogP contribution is 2.35. The Bertz CT molecular complexity index is 392. The highest BCUT2D eigenvalue weighted by molar-refractivity contribution is 5.82. The normalized spacial score (nSPS) is 21.5. The van der Waals surface area contributed by atoms with Crippen molar-refractivity contribution in [3.63, 3.8) is 0 Å². The maximum absolute atomic E-state index is 13.9. The molecule has 4 heteroatoms. The summed E-state index contributed by atoms with van der Waals surface area (Å²) in [4.78, 5) is 11.5. The first-order valence-corrected chi connectivity index (χ1v) is 5.76. The molecule has 2 rings (SSSR count). The van der Waals surface area contributed by atoms with Gasteiger partial charge in [-0.15, -0.1) is 0 Å². The van der Waals surface area contributed by atoms with Gasteiger partial charge in [-0.1, -0.05) is 30.3 Å². The van der Waals surface area contributed by atoms with E-state index in [-0.39, 0.29) is 11.3 Å². The standard InChI is InChI=1S/C13H15F2NO/c14-13(15,11-4-2-1-3-5-11)8-10-9-16-7-6-12(10)17/h1-5,10,16H,6-9H2. The number of carbonyl (C=O) groups is 1. The molecule has 0 radical (unpaired) electrons. The van der Waals surface area contributed by atoms with Gasteiger partial charge in [-0.05, 0) is 0 Å². The lowest BCUT2D eigenvalue weighted by Crippen LogP contribution is -2.39. The van der Waals surface area contributed by atoms with Crippen LogP contribution in [0.15, 0.2) is 30.3 Å². The van der Waals surface area contributed by atoms with Gasteiger partial charge in [0.25, 0.3) is 5.92 Å². The summed E-state index contributed by atoms with van der Waals surface area (Å²) < 4.78 is 27.9. The molecule has 0 amide bonds. The molecule has 1 saturated heterocycles. The van der Waals surface area contributed by atoms with Crippen LogP contribution in [0.2, 0.25) is 0 Å². The molecule has 1 aromatic rings. The number of Topliss-reactive ketones (excluding diaryl/α,β-unsaturated/α-hetero) is 1. The number of rotatable bonds is 3. The second-order valence-electron chi connectivity index (χ2n) is 4.39. The van der Waals surface area contributed by atoms with Crippen LogP contribution in [0.4, 0.5) is 8.78 Å². The SMILES string of the molecule is O=C1CCNCC1CC(F)(F)c1ccccc1. The van der Waals surface area contributed by atoms with Crippen LogP contribution in [0, 0.1) is 5.92 Å². The summed E-state index contributed by atoms with van der Waals surface area (Å²) in [6.45, 7) is 0.966. The maximum atomic E-state index is 13.9. The van der Waals surface area contributed by atoms with Crippen LogP contribution >= 0.6 is 0 Å². The number of benzene rings is 1. The molecule has 1 aliphatic heterocycles. The molecule has 1 atom stereocenters. The van der Waals surface area contributed by atoms with E-state index in [0.717, 1.165) is 0 Å². The van der Waals surface area contributed by atoms with E-state index in [2.05, 4.69) is 5.32 Å². The van der Waals surface area contributed by atoms with Crippen molar-refractivity contribution in [1.29, 1.82) is 0 Å². The number of halogens is 2. The summed E-state index contributed by atoms with van der Waals surface area (Å²) in [7, 11) is 0. The van der Waals surface area contributed by atoms with E-state index in [0.29, 0.717) is 19.5 Å². The summed E-state index contributed by atoms with van der Waals surface area (Å²) in [5.74, 6) is -3.56. The van der Waals surface area contributed by atoms with E-state index in [1.54, 1.807) is 18.2 Å². The molecule has 1 fully saturated rings. The van der Waals surface area contributed by atoms with Crippen molar-refractivity contribution in [3.8, 4) is 0 Å². The van der Waals surface area contributed by atoms with Crippen molar-refractivity contribution in [3.05, 3.63) is 35.9 Å². The average Bonchev–Trinajstić information content (AvgIpc) is 2.33. The fourth-order valence-electron chi connectivity index (χ4n) is 2.10. The largest absolute Gasteiger partial charge is 0.316 e. The molecule has 1 unspecified atom stereocenters. The molecule has 0 aliphatic carbocycles. The van der Waals surface area contributed by atoms with Crippen LogP contribution in [0.1, 0.15) is 18.4 Å². The molecule has 0 spiro atoms. The van der Waals surface area contributed by atoms with E-state index in [9.17, 15) is 13.6 Å². The Kier molecular flexibility index (Phi) is 3.52. The van der Waals surface area contributed by atoms with Crippen LogP contribution in [0.25, 0.3) is 0 Å². The Morgan fingerprint density at radius 2 is 2.00 bits per heavy atom. The van der Waals surface area contributed by atoms with Crippen LogP contribution in [-0.4, -0.2) is 18.9 Å². The molecule has 0 saturated carbocycles. The van der Waals surface area contributed by atoms with Crippen molar-refractivity contribution < 1.29 is 13.6 Å². The van der Waals surface area contributed by atoms with Gasteiger partial charge in [0.2, 0.25) is 0 Å². The lowest BCUT2D eigenvalue weighted by Gasteiger charge is -2.26. The molecule has 1 heterocycles. The third-order valence-corrected chi connectivity index (χ3v) is 3.09. The highest BCUT2D eigenvalue weighted by Gasteiger charge is 2.37. The number of alkyl halides is 2. The predicted molar refractivity (Wildman–Crippen MR) is 60.9 cm³/mol. The Hall–Kier alpha value is -1.29. The summed E-state index contributed by atoms with van der Waals surface area (Å²) in [6.07, 6.45) is -0.0433. The minimum absolute atomic E-state index is 0.0154. The second kappa shape index (κ2) is 4.92. The smallest absolute Gasteiger partial charge is 0.274 e. The first kappa shape index (κ1) is 12.2. The van der Waals surface area contributed by atoms with Crippen molar-refractivity contribution in [1.82, 2.24) is 5.32 Å².